The SMILES string of the molecule is Cl.Cl.[Au][C]1=CC=CC1.[Zr]. The van der Waals surface area contributed by atoms with Crippen molar-refractivity contribution >= 4 is 24.8 Å². The van der Waals surface area contributed by atoms with Crippen LogP contribution in [0.4, 0.5) is 0 Å². The van der Waals surface area contributed by atoms with Crippen LogP contribution in [0.15, 0.2) is 22.0 Å². The van der Waals surface area contributed by atoms with Gasteiger partial charge in [0.2, 0.25) is 0 Å². The largest absolute Gasteiger partial charge is 0 e. The van der Waals surface area contributed by atoms with Crippen molar-refractivity contribution in [2.24, 2.45) is 0 Å². The van der Waals surface area contributed by atoms with Crippen molar-refractivity contribution in [2.45, 2.75) is 6.42 Å². The number of allylic oxidation sites excluding steroid dienone is 4. The zero-order valence-electron chi connectivity index (χ0n) is 4.56. The molecule has 0 saturated carbocycles. The molecule has 0 aliphatic heterocycles. The van der Waals surface area contributed by atoms with Crippen LogP contribution in [0, 0.1) is 0 Å². The van der Waals surface area contributed by atoms with Crippen molar-refractivity contribution < 1.29 is 47.3 Å². The summed E-state index contributed by atoms with van der Waals surface area (Å²) < 4.78 is 1.41. The zero-order chi connectivity index (χ0) is 4.41. The standard InChI is InChI=1S/C5H5.Au.2ClH.Zr/c1-2-4-5-3-1;;;;/h1-3H,4H2;;2*1H;. The molecular formula is C5H7AuCl2Zr. The first-order valence-corrected chi connectivity index (χ1v) is 2.95. The van der Waals surface area contributed by atoms with E-state index in [0.717, 1.165) is 6.42 Å². The van der Waals surface area contributed by atoms with E-state index >= 15 is 0 Å². The van der Waals surface area contributed by atoms with Crippen molar-refractivity contribution in [2.75, 3.05) is 0 Å². The molecule has 0 N–H and O–H groups in total. The topological polar surface area (TPSA) is 0 Å². The van der Waals surface area contributed by atoms with Gasteiger partial charge in [-0.3, -0.25) is 0 Å². The van der Waals surface area contributed by atoms with Gasteiger partial charge in [0.15, 0.2) is 0 Å². The fourth-order valence-electron chi connectivity index (χ4n) is 0.405. The van der Waals surface area contributed by atoms with E-state index in [1.54, 1.807) is 0 Å². The van der Waals surface area contributed by atoms with Gasteiger partial charge in [-0.15, -0.1) is 24.8 Å². The van der Waals surface area contributed by atoms with Crippen molar-refractivity contribution in [1.29, 1.82) is 0 Å². The molecule has 1 aliphatic carbocycles. The predicted molar refractivity (Wildman–Crippen MR) is 36.3 cm³/mol. The van der Waals surface area contributed by atoms with Crippen LogP contribution in [-0.2, 0) is 47.3 Å². The fourth-order valence-corrected chi connectivity index (χ4v) is 0.869. The third kappa shape index (κ3) is 7.58. The van der Waals surface area contributed by atoms with Gasteiger partial charge >= 0.3 is 49.5 Å². The summed E-state index contributed by atoms with van der Waals surface area (Å²) in [6.45, 7) is 0. The first kappa shape index (κ1) is 17.0. The van der Waals surface area contributed by atoms with Gasteiger partial charge in [-0.2, -0.15) is 0 Å². The smallest absolute Gasteiger partial charge is 0 e. The van der Waals surface area contributed by atoms with E-state index in [1.807, 2.05) is 0 Å². The predicted octanol–water partition coefficient (Wildman–Crippen LogP) is 2.22. The molecule has 0 aromatic rings. The normalized spacial score (nSPS) is 12.4. The molecule has 0 aromatic carbocycles. The summed E-state index contributed by atoms with van der Waals surface area (Å²) >= 11 is 2.49. The van der Waals surface area contributed by atoms with E-state index in [0.29, 0.717) is 0 Å². The van der Waals surface area contributed by atoms with Gasteiger partial charge in [-0.1, -0.05) is 0 Å². The average Bonchev–Trinajstić information content (AvgIpc) is 1.86. The first-order valence-electron chi connectivity index (χ1n) is 1.87. The first-order chi connectivity index (χ1) is 2.89. The average molecular weight is 426 g/mol. The Morgan fingerprint density at radius 1 is 1.33 bits per heavy atom. The minimum Gasteiger partial charge on any atom is 0 e. The maximum atomic E-state index is 2.49. The third-order valence-electron chi connectivity index (χ3n) is 0.698. The molecule has 0 saturated heterocycles. The van der Waals surface area contributed by atoms with E-state index < -0.39 is 0 Å². The third-order valence-corrected chi connectivity index (χ3v) is 1.50. The molecule has 56 valence electrons. The molecule has 0 bridgehead atoms. The molecule has 1 rings (SSSR count). The minimum atomic E-state index is 0. The fraction of sp³-hybridized carbons (Fsp3) is 0.200. The number of rotatable bonds is 0. The Morgan fingerprint density at radius 3 is 2.00 bits per heavy atom. The van der Waals surface area contributed by atoms with Crippen LogP contribution in [0.2, 0.25) is 0 Å². The van der Waals surface area contributed by atoms with Crippen molar-refractivity contribution in [3.8, 4) is 0 Å². The Bertz CT molecular complexity index is 112. The summed E-state index contributed by atoms with van der Waals surface area (Å²) in [5.41, 5.74) is 0. The van der Waals surface area contributed by atoms with Crippen molar-refractivity contribution in [1.82, 2.24) is 0 Å². The molecule has 0 fully saturated rings. The van der Waals surface area contributed by atoms with Gasteiger partial charge in [-0.25, -0.2) is 0 Å². The molecule has 4 heteroatoms. The molecule has 0 atom stereocenters. The van der Waals surface area contributed by atoms with Crippen LogP contribution in [0.1, 0.15) is 6.42 Å². The number of hydrogen-bond acceptors (Lipinski definition) is 0. The molecule has 0 unspecified atom stereocenters. The second-order valence-corrected chi connectivity index (χ2v) is 2.59. The van der Waals surface area contributed by atoms with Gasteiger partial charge in [0.1, 0.15) is 0 Å². The van der Waals surface area contributed by atoms with Crippen LogP contribution < -0.4 is 0 Å². The Balaban J connectivity index is -0.000000120. The molecule has 0 spiro atoms. The molecule has 0 amide bonds. The van der Waals surface area contributed by atoms with Gasteiger partial charge in [0.05, 0.1) is 0 Å². The second-order valence-electron chi connectivity index (χ2n) is 1.20. The van der Waals surface area contributed by atoms with Crippen LogP contribution in [0.5, 0.6) is 0 Å². The summed E-state index contributed by atoms with van der Waals surface area (Å²) in [5, 5.41) is 0. The van der Waals surface area contributed by atoms with E-state index in [1.165, 1.54) is 3.79 Å². The minimum absolute atomic E-state index is 0. The molecule has 0 heterocycles. The summed E-state index contributed by atoms with van der Waals surface area (Å²) in [6.07, 6.45) is 7.48. The van der Waals surface area contributed by atoms with Gasteiger partial charge in [0, 0.05) is 26.2 Å². The summed E-state index contributed by atoms with van der Waals surface area (Å²) in [5.74, 6) is 0. The maximum absolute atomic E-state index is 2.49. The van der Waals surface area contributed by atoms with Gasteiger partial charge in [-0.05, 0) is 0 Å². The Morgan fingerprint density at radius 2 is 1.89 bits per heavy atom. The van der Waals surface area contributed by atoms with Crippen molar-refractivity contribution in [3.63, 3.8) is 0 Å². The second kappa shape index (κ2) is 9.68. The maximum Gasteiger partial charge on any atom is 0 e. The van der Waals surface area contributed by atoms with Crippen LogP contribution in [0.25, 0.3) is 0 Å². The summed E-state index contributed by atoms with van der Waals surface area (Å²) in [6, 6.07) is 0. The monoisotopic (exact) mass is 424 g/mol. The molecule has 9 heavy (non-hydrogen) atoms. The van der Waals surface area contributed by atoms with Crippen LogP contribution in [-0.4, -0.2) is 0 Å². The Kier molecular flexibility index (Phi) is 18.3. The molecule has 1 aliphatic rings. The molecule has 0 aromatic heterocycles. The summed E-state index contributed by atoms with van der Waals surface area (Å²) in [4.78, 5) is 0. The molecule has 0 nitrogen and oxygen atoms in total. The number of hydrogen-bond donors (Lipinski definition) is 0. The zero-order valence-corrected chi connectivity index (χ0v) is 10.8. The quantitative estimate of drug-likeness (QED) is 0.522. The summed E-state index contributed by atoms with van der Waals surface area (Å²) in [7, 11) is 0. The van der Waals surface area contributed by atoms with E-state index in [4.69, 9.17) is 0 Å². The Hall–Kier alpha value is 1.68. The van der Waals surface area contributed by atoms with Crippen LogP contribution >= 0.6 is 24.8 Å². The molecule has 0 radical (unpaired) electrons. The Labute approximate surface area is 99.4 Å². The number of halogens is 2. The van der Waals surface area contributed by atoms with E-state index in [9.17, 15) is 0 Å². The van der Waals surface area contributed by atoms with Crippen molar-refractivity contribution in [3.05, 3.63) is 22.0 Å². The van der Waals surface area contributed by atoms with E-state index in [-0.39, 0.29) is 51.0 Å². The van der Waals surface area contributed by atoms with Gasteiger partial charge in [0.25, 0.3) is 0 Å². The van der Waals surface area contributed by atoms with Crippen LogP contribution in [0.3, 0.4) is 0 Å². The van der Waals surface area contributed by atoms with Gasteiger partial charge < -0.3 is 0 Å². The van der Waals surface area contributed by atoms with E-state index in [2.05, 4.69) is 39.3 Å². The molecular weight excluding hydrogens is 419 g/mol.